The van der Waals surface area contributed by atoms with Gasteiger partial charge in [-0.15, -0.1) is 0 Å². The van der Waals surface area contributed by atoms with E-state index in [2.05, 4.69) is 4.72 Å². The lowest BCUT2D eigenvalue weighted by Gasteiger charge is -2.22. The summed E-state index contributed by atoms with van der Waals surface area (Å²) in [6.45, 7) is 3.82. The average Bonchev–Trinajstić information content (AvgIpc) is 2.74. The van der Waals surface area contributed by atoms with Crippen LogP contribution in [0.1, 0.15) is 19.4 Å². The third-order valence-electron chi connectivity index (χ3n) is 4.13. The van der Waals surface area contributed by atoms with Crippen molar-refractivity contribution in [3.63, 3.8) is 0 Å². The molecule has 0 atom stereocenters. The molecule has 0 radical (unpaired) electrons. The molecule has 0 fully saturated rings. The second-order valence-corrected chi connectivity index (χ2v) is 8.57. The van der Waals surface area contributed by atoms with Crippen molar-refractivity contribution in [2.45, 2.75) is 20.0 Å². The van der Waals surface area contributed by atoms with E-state index in [1.807, 2.05) is 26.0 Å². The fourth-order valence-electron chi connectivity index (χ4n) is 2.87. The summed E-state index contributed by atoms with van der Waals surface area (Å²) < 4.78 is 32.9. The molecule has 160 valence electrons. The van der Waals surface area contributed by atoms with E-state index < -0.39 is 16.1 Å². The smallest absolute Gasteiger partial charge is 0.340 e. The van der Waals surface area contributed by atoms with Crippen LogP contribution in [0.15, 0.2) is 90.3 Å². The Morgan fingerprint density at radius 1 is 0.903 bits per heavy atom. The lowest BCUT2D eigenvalue weighted by Crippen LogP contribution is -2.39. The predicted molar refractivity (Wildman–Crippen MR) is 124 cm³/mol. The molecule has 7 heteroatoms. The third kappa shape index (κ3) is 6.45. The number of hydrogen-bond donors (Lipinski definition) is 1. The maximum Gasteiger partial charge on any atom is 0.340 e. The van der Waals surface area contributed by atoms with Gasteiger partial charge in [0.05, 0.1) is 22.9 Å². The maximum absolute atomic E-state index is 12.9. The molecule has 0 spiro atoms. The van der Waals surface area contributed by atoms with Gasteiger partial charge in [-0.2, -0.15) is 0 Å². The molecule has 0 aromatic heterocycles. The van der Waals surface area contributed by atoms with E-state index >= 15 is 0 Å². The fourth-order valence-corrected chi connectivity index (χ4v) is 3.61. The van der Waals surface area contributed by atoms with Crippen molar-refractivity contribution in [3.05, 3.63) is 95.9 Å². The average molecular weight is 437 g/mol. The number of ether oxygens (including phenoxy) is 1. The van der Waals surface area contributed by atoms with Crippen LogP contribution < -0.4 is 14.4 Å². The normalized spacial score (nSPS) is 11.5. The van der Waals surface area contributed by atoms with Crippen LogP contribution in [0.5, 0.6) is 5.75 Å². The highest BCUT2D eigenvalue weighted by molar-refractivity contribution is 7.93. The Morgan fingerprint density at radius 2 is 1.48 bits per heavy atom. The molecule has 31 heavy (non-hydrogen) atoms. The number of nitrogens with one attached hydrogen (secondary N) is 1. The summed E-state index contributed by atoms with van der Waals surface area (Å²) in [7, 11) is -4.04. The Kier molecular flexibility index (Phi) is 7.10. The molecular formula is C24H24N2O4S. The van der Waals surface area contributed by atoms with Crippen molar-refractivity contribution in [2.24, 2.45) is 0 Å². The van der Waals surface area contributed by atoms with Crippen molar-refractivity contribution in [3.8, 4) is 5.75 Å². The number of para-hydroxylation sites is 2. The summed E-state index contributed by atoms with van der Waals surface area (Å²) in [5.74, 6) is 0.637. The van der Waals surface area contributed by atoms with E-state index in [1.165, 1.54) is 11.0 Å². The first-order valence-electron chi connectivity index (χ1n) is 9.76. The number of sulfonamides is 1. The minimum atomic E-state index is -4.04. The van der Waals surface area contributed by atoms with Crippen molar-refractivity contribution >= 4 is 33.5 Å². The Balaban J connectivity index is 1.80. The molecular weight excluding hydrogens is 412 g/mol. The van der Waals surface area contributed by atoms with Crippen LogP contribution in [0.3, 0.4) is 0 Å². The van der Waals surface area contributed by atoms with Crippen molar-refractivity contribution in [1.82, 2.24) is 4.72 Å². The second-order valence-electron chi connectivity index (χ2n) is 7.00. The molecule has 0 aliphatic carbocycles. The molecule has 0 unspecified atom stereocenters. The number of hydrogen-bond acceptors (Lipinski definition) is 4. The van der Waals surface area contributed by atoms with Gasteiger partial charge in [0.25, 0.3) is 10.0 Å². The zero-order valence-corrected chi connectivity index (χ0v) is 18.1. The van der Waals surface area contributed by atoms with Crippen molar-refractivity contribution in [2.75, 3.05) is 4.90 Å². The summed E-state index contributed by atoms with van der Waals surface area (Å²) >= 11 is 0. The van der Waals surface area contributed by atoms with Crippen LogP contribution in [0.4, 0.5) is 16.2 Å². The first-order chi connectivity index (χ1) is 14.8. The van der Waals surface area contributed by atoms with E-state index in [4.69, 9.17) is 4.74 Å². The first kappa shape index (κ1) is 22.1. The SMILES string of the molecule is CC(C)Oc1cccc(C=CS(=O)(=O)NC(=O)N(c2ccccc2)c2ccccc2)c1. The standard InChI is InChI=1S/C24H24N2O4S/c1-19(2)30-23-15-9-10-20(18-23)16-17-31(28,29)25-24(27)26(21-11-5-3-6-12-21)22-13-7-4-8-14-22/h3-19H,1-2H3,(H,25,27). The number of nitrogens with zero attached hydrogens (tertiary/aromatic N) is 1. The molecule has 0 saturated heterocycles. The number of urea groups is 1. The summed E-state index contributed by atoms with van der Waals surface area (Å²) in [6, 6.07) is 23.9. The Bertz CT molecular complexity index is 1100. The molecule has 3 aromatic rings. The van der Waals surface area contributed by atoms with Crippen LogP contribution in [0.25, 0.3) is 6.08 Å². The molecule has 6 nitrogen and oxygen atoms in total. The van der Waals surface area contributed by atoms with Gasteiger partial charge in [0.2, 0.25) is 0 Å². The van der Waals surface area contributed by atoms with E-state index in [-0.39, 0.29) is 6.10 Å². The van der Waals surface area contributed by atoms with Gasteiger partial charge in [0.15, 0.2) is 0 Å². The van der Waals surface area contributed by atoms with Crippen LogP contribution in [0, 0.1) is 0 Å². The van der Waals surface area contributed by atoms with Gasteiger partial charge in [-0.05, 0) is 61.9 Å². The van der Waals surface area contributed by atoms with E-state index in [9.17, 15) is 13.2 Å². The topological polar surface area (TPSA) is 75.7 Å². The van der Waals surface area contributed by atoms with E-state index in [1.54, 1.807) is 72.8 Å². The molecule has 2 amide bonds. The minimum absolute atomic E-state index is 0.00389. The zero-order chi connectivity index (χ0) is 22.3. The van der Waals surface area contributed by atoms with Gasteiger partial charge < -0.3 is 4.74 Å². The van der Waals surface area contributed by atoms with Crippen LogP contribution >= 0.6 is 0 Å². The van der Waals surface area contributed by atoms with Crippen molar-refractivity contribution in [1.29, 1.82) is 0 Å². The first-order valence-corrected chi connectivity index (χ1v) is 11.3. The van der Waals surface area contributed by atoms with Gasteiger partial charge in [-0.25, -0.2) is 17.9 Å². The number of carbonyl (C=O) groups excluding carboxylic acids is 1. The van der Waals surface area contributed by atoms with Crippen LogP contribution in [-0.4, -0.2) is 20.6 Å². The fraction of sp³-hybridized carbons (Fsp3) is 0.125. The summed E-state index contributed by atoms with van der Waals surface area (Å²) in [5, 5.41) is 0.966. The minimum Gasteiger partial charge on any atom is -0.491 e. The molecule has 0 aliphatic heterocycles. The molecule has 1 N–H and O–H groups in total. The van der Waals surface area contributed by atoms with Crippen LogP contribution in [-0.2, 0) is 10.0 Å². The third-order valence-corrected chi connectivity index (χ3v) is 5.08. The molecule has 0 bridgehead atoms. The van der Waals surface area contributed by atoms with E-state index in [0.29, 0.717) is 22.7 Å². The summed E-state index contributed by atoms with van der Waals surface area (Å²) in [5.41, 5.74) is 1.73. The van der Waals surface area contributed by atoms with Crippen LogP contribution in [0.2, 0.25) is 0 Å². The van der Waals surface area contributed by atoms with Gasteiger partial charge in [-0.1, -0.05) is 48.5 Å². The molecule has 0 aliphatic rings. The number of benzene rings is 3. The Hall–Kier alpha value is -3.58. The molecule has 0 saturated carbocycles. The highest BCUT2D eigenvalue weighted by Crippen LogP contribution is 2.25. The highest BCUT2D eigenvalue weighted by atomic mass is 32.2. The summed E-state index contributed by atoms with van der Waals surface area (Å²) in [6.07, 6.45) is 1.42. The quantitative estimate of drug-likeness (QED) is 0.544. The van der Waals surface area contributed by atoms with Gasteiger partial charge in [-0.3, -0.25) is 4.90 Å². The lowest BCUT2D eigenvalue weighted by molar-refractivity contribution is 0.242. The largest absolute Gasteiger partial charge is 0.491 e. The van der Waals surface area contributed by atoms with Gasteiger partial charge >= 0.3 is 6.03 Å². The monoisotopic (exact) mass is 436 g/mol. The number of carbonyl (C=O) groups is 1. The second kappa shape index (κ2) is 9.95. The zero-order valence-electron chi connectivity index (χ0n) is 17.3. The van der Waals surface area contributed by atoms with E-state index in [0.717, 1.165) is 5.41 Å². The maximum atomic E-state index is 12.9. The molecule has 3 aromatic carbocycles. The molecule has 3 rings (SSSR count). The summed E-state index contributed by atoms with van der Waals surface area (Å²) in [4.78, 5) is 14.2. The lowest BCUT2D eigenvalue weighted by atomic mass is 10.2. The molecule has 0 heterocycles. The van der Waals surface area contributed by atoms with Gasteiger partial charge in [0.1, 0.15) is 5.75 Å². The number of amides is 2. The van der Waals surface area contributed by atoms with Crippen molar-refractivity contribution < 1.29 is 17.9 Å². The highest BCUT2D eigenvalue weighted by Gasteiger charge is 2.21. The predicted octanol–water partition coefficient (Wildman–Crippen LogP) is 5.32. The Labute approximate surface area is 182 Å². The van der Waals surface area contributed by atoms with Gasteiger partial charge in [0, 0.05) is 0 Å². The number of anilines is 2. The number of rotatable bonds is 7. The Morgan fingerprint density at radius 3 is 2.03 bits per heavy atom.